The number of carbonyl (C=O) groups excluding carboxylic acids is 2. The Labute approximate surface area is 180 Å². The largest absolute Gasteiger partial charge is 0.490 e. The number of carbonyl (C=O) groups is 2. The number of amides is 3. The van der Waals surface area contributed by atoms with Crippen LogP contribution in [0.3, 0.4) is 0 Å². The number of aliphatic hydroxyl groups excluding tert-OH is 1. The van der Waals surface area contributed by atoms with Gasteiger partial charge in [-0.15, -0.1) is 0 Å². The molecule has 1 saturated heterocycles. The molecule has 1 saturated carbocycles. The molecule has 1 spiro atoms. The molecule has 6 nitrogen and oxygen atoms in total. The predicted octanol–water partition coefficient (Wildman–Crippen LogP) is 3.88. The molecule has 1 unspecified atom stereocenters. The summed E-state index contributed by atoms with van der Waals surface area (Å²) in [5.41, 5.74) is 2.55. The maximum Gasteiger partial charge on any atom is 0.325 e. The number of urea groups is 1. The number of benzene rings is 1. The van der Waals surface area contributed by atoms with Crippen molar-refractivity contribution in [2.24, 2.45) is 11.3 Å². The summed E-state index contributed by atoms with van der Waals surface area (Å²) in [6, 6.07) is 3.62. The average Bonchev–Trinajstić information content (AvgIpc) is 2.88. The number of ether oxygens (including phenoxy) is 1. The number of β-amino-alcohol motifs (C(OH)–C–C–N with tert-alkyl or cyclic N) is 1. The van der Waals surface area contributed by atoms with Gasteiger partial charge in [-0.25, -0.2) is 4.79 Å². The third kappa shape index (κ3) is 4.34. The first-order chi connectivity index (χ1) is 13.9. The third-order valence-corrected chi connectivity index (χ3v) is 7.00. The van der Waals surface area contributed by atoms with E-state index in [0.717, 1.165) is 35.3 Å². The Morgan fingerprint density at radius 1 is 1.17 bits per heavy atom. The molecule has 1 aliphatic heterocycles. The minimum atomic E-state index is -0.944. The second-order valence-corrected chi connectivity index (χ2v) is 10.2. The van der Waals surface area contributed by atoms with Gasteiger partial charge in [0.15, 0.2) is 0 Å². The van der Waals surface area contributed by atoms with Crippen molar-refractivity contribution in [3.05, 3.63) is 28.8 Å². The molecule has 0 aromatic heterocycles. The molecule has 166 valence electrons. The van der Waals surface area contributed by atoms with Gasteiger partial charge < -0.3 is 15.2 Å². The minimum absolute atomic E-state index is 0.0291. The third-order valence-electron chi connectivity index (χ3n) is 7.00. The van der Waals surface area contributed by atoms with Crippen LogP contribution in [0.15, 0.2) is 12.1 Å². The summed E-state index contributed by atoms with van der Waals surface area (Å²) < 4.78 is 5.86. The molecule has 1 heterocycles. The Balaban J connectivity index is 1.60. The fourth-order valence-electron chi connectivity index (χ4n) is 4.75. The normalized spacial score (nSPS) is 25.6. The van der Waals surface area contributed by atoms with Gasteiger partial charge in [-0.2, -0.15) is 0 Å². The fourth-order valence-corrected chi connectivity index (χ4v) is 4.75. The van der Waals surface area contributed by atoms with Crippen LogP contribution in [0.25, 0.3) is 0 Å². The zero-order valence-corrected chi connectivity index (χ0v) is 19.2. The molecule has 1 atom stereocenters. The van der Waals surface area contributed by atoms with Crippen LogP contribution in [0.5, 0.6) is 5.75 Å². The van der Waals surface area contributed by atoms with E-state index in [-0.39, 0.29) is 24.5 Å². The van der Waals surface area contributed by atoms with E-state index in [0.29, 0.717) is 18.8 Å². The standard InChI is InChI=1S/C24H36N2O4/c1-15-7-8-16(2)20(17(15)3)30-14-19(27)13-26-21(28)24(25-22(26)29)11-9-18(10-12-24)23(4,5)6/h7-8,18-19,27H,9-14H2,1-6H3,(H,25,29). The van der Waals surface area contributed by atoms with E-state index in [1.165, 1.54) is 4.90 Å². The maximum atomic E-state index is 13.1. The topological polar surface area (TPSA) is 78.9 Å². The lowest BCUT2D eigenvalue weighted by atomic mass is 9.67. The number of nitrogens with zero attached hydrogens (tertiary/aromatic N) is 1. The fraction of sp³-hybridized carbons (Fsp3) is 0.667. The molecule has 6 heteroatoms. The van der Waals surface area contributed by atoms with Gasteiger partial charge in [-0.1, -0.05) is 32.9 Å². The molecule has 3 rings (SSSR count). The van der Waals surface area contributed by atoms with E-state index in [9.17, 15) is 14.7 Å². The molecular weight excluding hydrogens is 380 g/mol. The molecule has 30 heavy (non-hydrogen) atoms. The summed E-state index contributed by atoms with van der Waals surface area (Å²) in [4.78, 5) is 26.8. The van der Waals surface area contributed by atoms with Gasteiger partial charge in [0.05, 0.1) is 6.54 Å². The molecule has 1 aliphatic carbocycles. The van der Waals surface area contributed by atoms with E-state index < -0.39 is 17.7 Å². The van der Waals surface area contributed by atoms with Gasteiger partial charge >= 0.3 is 6.03 Å². The molecule has 1 aromatic rings. The van der Waals surface area contributed by atoms with Crippen LogP contribution in [0, 0.1) is 32.1 Å². The molecule has 2 N–H and O–H groups in total. The van der Waals surface area contributed by atoms with Crippen molar-refractivity contribution in [3.63, 3.8) is 0 Å². The number of aliphatic hydroxyl groups is 1. The van der Waals surface area contributed by atoms with Crippen LogP contribution in [-0.2, 0) is 4.79 Å². The van der Waals surface area contributed by atoms with E-state index >= 15 is 0 Å². The summed E-state index contributed by atoms with van der Waals surface area (Å²) in [6.07, 6.45) is 2.20. The van der Waals surface area contributed by atoms with E-state index in [1.54, 1.807) is 0 Å². The van der Waals surface area contributed by atoms with Gasteiger partial charge in [0.2, 0.25) is 0 Å². The van der Waals surface area contributed by atoms with Crippen molar-refractivity contribution < 1.29 is 19.4 Å². The number of imide groups is 1. The first kappa shape index (κ1) is 22.6. The first-order valence-electron chi connectivity index (χ1n) is 11.0. The summed E-state index contributed by atoms with van der Waals surface area (Å²) >= 11 is 0. The van der Waals surface area contributed by atoms with Crippen LogP contribution in [-0.4, -0.2) is 46.7 Å². The van der Waals surface area contributed by atoms with Crippen molar-refractivity contribution in [3.8, 4) is 5.75 Å². The van der Waals surface area contributed by atoms with E-state index in [4.69, 9.17) is 4.74 Å². The smallest absolute Gasteiger partial charge is 0.325 e. The van der Waals surface area contributed by atoms with Crippen molar-refractivity contribution >= 4 is 11.9 Å². The van der Waals surface area contributed by atoms with Crippen molar-refractivity contribution in [1.82, 2.24) is 10.2 Å². The molecular formula is C24H36N2O4. The minimum Gasteiger partial charge on any atom is -0.490 e. The van der Waals surface area contributed by atoms with E-state index in [1.807, 2.05) is 32.9 Å². The Morgan fingerprint density at radius 2 is 1.77 bits per heavy atom. The number of hydrogen-bond acceptors (Lipinski definition) is 4. The summed E-state index contributed by atoms with van der Waals surface area (Å²) in [6.45, 7) is 12.6. The molecule has 1 aromatic carbocycles. The predicted molar refractivity (Wildman–Crippen MR) is 117 cm³/mol. The first-order valence-corrected chi connectivity index (χ1v) is 11.0. The van der Waals surface area contributed by atoms with Gasteiger partial charge in [-0.05, 0) is 74.5 Å². The lowest BCUT2D eigenvalue weighted by Gasteiger charge is -2.40. The maximum absolute atomic E-state index is 13.1. The van der Waals surface area contributed by atoms with E-state index in [2.05, 4.69) is 26.1 Å². The van der Waals surface area contributed by atoms with Gasteiger partial charge in [0.25, 0.3) is 5.91 Å². The highest BCUT2D eigenvalue weighted by molar-refractivity contribution is 6.07. The zero-order chi connectivity index (χ0) is 22.3. The summed E-state index contributed by atoms with van der Waals surface area (Å²) in [5, 5.41) is 13.4. The number of aryl methyl sites for hydroxylation is 2. The number of hydrogen-bond donors (Lipinski definition) is 2. The SMILES string of the molecule is Cc1ccc(C)c(OCC(O)CN2C(=O)NC3(CCC(C(C)(C)C)CC3)C2=O)c1C. The van der Waals surface area contributed by atoms with Crippen molar-refractivity contribution in [2.45, 2.75) is 78.9 Å². The second kappa shape index (κ2) is 8.22. The van der Waals surface area contributed by atoms with Crippen LogP contribution in [0.1, 0.15) is 63.1 Å². The highest BCUT2D eigenvalue weighted by Crippen LogP contribution is 2.43. The van der Waals surface area contributed by atoms with Crippen molar-refractivity contribution in [1.29, 1.82) is 0 Å². The Bertz CT molecular complexity index is 819. The quantitative estimate of drug-likeness (QED) is 0.714. The Morgan fingerprint density at radius 3 is 2.37 bits per heavy atom. The van der Waals surface area contributed by atoms with Crippen LogP contribution in [0.2, 0.25) is 0 Å². The zero-order valence-electron chi connectivity index (χ0n) is 19.2. The van der Waals surface area contributed by atoms with Crippen LogP contribution in [0.4, 0.5) is 4.79 Å². The van der Waals surface area contributed by atoms with Gasteiger partial charge in [0.1, 0.15) is 24.0 Å². The lowest BCUT2D eigenvalue weighted by molar-refractivity contribution is -0.134. The van der Waals surface area contributed by atoms with Crippen LogP contribution >= 0.6 is 0 Å². The monoisotopic (exact) mass is 416 g/mol. The second-order valence-electron chi connectivity index (χ2n) is 10.2. The molecule has 2 aliphatic rings. The molecule has 0 radical (unpaired) electrons. The molecule has 3 amide bonds. The van der Waals surface area contributed by atoms with Gasteiger partial charge in [-0.3, -0.25) is 9.69 Å². The highest BCUT2D eigenvalue weighted by Gasteiger charge is 2.53. The van der Waals surface area contributed by atoms with Crippen LogP contribution < -0.4 is 10.1 Å². The Hall–Kier alpha value is -2.08. The van der Waals surface area contributed by atoms with Gasteiger partial charge in [0, 0.05) is 0 Å². The average molecular weight is 417 g/mol. The highest BCUT2D eigenvalue weighted by atomic mass is 16.5. The Kier molecular flexibility index (Phi) is 6.19. The molecule has 2 fully saturated rings. The lowest BCUT2D eigenvalue weighted by Crippen LogP contribution is -2.51. The van der Waals surface area contributed by atoms with Crippen molar-refractivity contribution in [2.75, 3.05) is 13.2 Å². The number of nitrogens with one attached hydrogen (secondary N) is 1. The summed E-state index contributed by atoms with van der Waals surface area (Å²) in [7, 11) is 0. The summed E-state index contributed by atoms with van der Waals surface area (Å²) in [5.74, 6) is 1.09. The number of rotatable bonds is 5. The molecule has 0 bridgehead atoms.